The molecule has 1 aromatic rings. The van der Waals surface area contributed by atoms with Gasteiger partial charge in [-0.15, -0.1) is 0 Å². The molecular weight excluding hydrogens is 283 g/mol. The van der Waals surface area contributed by atoms with Gasteiger partial charge in [0.25, 0.3) is 0 Å². The molecule has 0 saturated heterocycles. The van der Waals surface area contributed by atoms with Gasteiger partial charge < -0.3 is 10.0 Å². The average molecular weight is 296 g/mol. The van der Waals surface area contributed by atoms with Crippen molar-refractivity contribution >= 4 is 23.3 Å². The Morgan fingerprint density at radius 3 is 2.47 bits per heavy atom. The molecule has 0 aromatic heterocycles. The summed E-state index contributed by atoms with van der Waals surface area (Å²) < 4.78 is 37.4. The van der Waals surface area contributed by atoms with E-state index in [-0.39, 0.29) is 22.8 Å². The molecule has 0 aliphatic carbocycles. The van der Waals surface area contributed by atoms with Gasteiger partial charge in [0.2, 0.25) is 0 Å². The Hall–Kier alpha value is -1.43. The minimum Gasteiger partial charge on any atom is -0.478 e. The van der Waals surface area contributed by atoms with Gasteiger partial charge in [-0.25, -0.2) is 4.79 Å². The molecule has 0 spiro atoms. The first kappa shape index (κ1) is 15.6. The molecule has 0 saturated carbocycles. The number of carboxylic acids is 1. The third-order valence-electron chi connectivity index (χ3n) is 2.40. The van der Waals surface area contributed by atoms with Crippen LogP contribution in [0.25, 0.3) is 0 Å². The van der Waals surface area contributed by atoms with Gasteiger partial charge >= 0.3 is 12.1 Å². The van der Waals surface area contributed by atoms with Gasteiger partial charge in [0.1, 0.15) is 6.54 Å². The first-order chi connectivity index (χ1) is 8.74. The standard InChI is InChI=1S/C12H13ClF3NO2/c1-2-5-17(7-12(14,15)16)10-4-3-8(11(18)19)6-9(10)13/h3-4,6H,2,5,7H2,1H3,(H,18,19). The van der Waals surface area contributed by atoms with E-state index in [4.69, 9.17) is 16.7 Å². The topological polar surface area (TPSA) is 40.5 Å². The summed E-state index contributed by atoms with van der Waals surface area (Å²) in [5.41, 5.74) is 0.128. The molecule has 0 bridgehead atoms. The van der Waals surface area contributed by atoms with E-state index in [0.29, 0.717) is 6.42 Å². The van der Waals surface area contributed by atoms with Gasteiger partial charge in [-0.05, 0) is 24.6 Å². The number of carboxylic acid groups (broad SMARTS) is 1. The van der Waals surface area contributed by atoms with Crippen LogP contribution in [-0.2, 0) is 0 Å². The summed E-state index contributed by atoms with van der Waals surface area (Å²) in [5, 5.41) is 8.77. The van der Waals surface area contributed by atoms with E-state index in [1.54, 1.807) is 6.92 Å². The highest BCUT2D eigenvalue weighted by atomic mass is 35.5. The van der Waals surface area contributed by atoms with E-state index in [1.807, 2.05) is 0 Å². The van der Waals surface area contributed by atoms with Crippen LogP contribution in [0.15, 0.2) is 18.2 Å². The molecule has 0 radical (unpaired) electrons. The fourth-order valence-electron chi connectivity index (χ4n) is 1.67. The van der Waals surface area contributed by atoms with Crippen LogP contribution in [0.5, 0.6) is 0 Å². The lowest BCUT2D eigenvalue weighted by atomic mass is 10.2. The molecule has 7 heteroatoms. The highest BCUT2D eigenvalue weighted by Crippen LogP contribution is 2.30. The highest BCUT2D eigenvalue weighted by molar-refractivity contribution is 6.33. The largest absolute Gasteiger partial charge is 0.478 e. The van der Waals surface area contributed by atoms with Crippen LogP contribution in [-0.4, -0.2) is 30.3 Å². The van der Waals surface area contributed by atoms with E-state index in [1.165, 1.54) is 12.1 Å². The number of rotatable bonds is 5. The van der Waals surface area contributed by atoms with Crippen LogP contribution in [0.1, 0.15) is 23.7 Å². The zero-order chi connectivity index (χ0) is 14.6. The van der Waals surface area contributed by atoms with Crippen molar-refractivity contribution in [2.75, 3.05) is 18.0 Å². The summed E-state index contributed by atoms with van der Waals surface area (Å²) in [6.45, 7) is 0.821. The Morgan fingerprint density at radius 2 is 2.05 bits per heavy atom. The van der Waals surface area contributed by atoms with Crippen molar-refractivity contribution in [2.24, 2.45) is 0 Å². The smallest absolute Gasteiger partial charge is 0.405 e. The van der Waals surface area contributed by atoms with Gasteiger partial charge in [0.15, 0.2) is 0 Å². The van der Waals surface area contributed by atoms with E-state index >= 15 is 0 Å². The predicted octanol–water partition coefficient (Wildman–Crippen LogP) is 3.82. The lowest BCUT2D eigenvalue weighted by Crippen LogP contribution is -2.35. The molecule has 0 aliphatic rings. The van der Waals surface area contributed by atoms with Crippen molar-refractivity contribution < 1.29 is 23.1 Å². The molecule has 0 fully saturated rings. The van der Waals surface area contributed by atoms with E-state index in [9.17, 15) is 18.0 Å². The van der Waals surface area contributed by atoms with Gasteiger partial charge in [0.05, 0.1) is 16.3 Å². The van der Waals surface area contributed by atoms with Gasteiger partial charge in [-0.2, -0.15) is 13.2 Å². The second-order valence-electron chi connectivity index (χ2n) is 4.01. The Bertz CT molecular complexity index is 463. The zero-order valence-electron chi connectivity index (χ0n) is 10.2. The van der Waals surface area contributed by atoms with Crippen LogP contribution in [0.2, 0.25) is 5.02 Å². The maximum atomic E-state index is 12.5. The van der Waals surface area contributed by atoms with Crippen molar-refractivity contribution in [1.82, 2.24) is 0 Å². The molecule has 1 rings (SSSR count). The van der Waals surface area contributed by atoms with Crippen LogP contribution in [0.4, 0.5) is 18.9 Å². The first-order valence-corrected chi connectivity index (χ1v) is 5.97. The second-order valence-corrected chi connectivity index (χ2v) is 4.42. The van der Waals surface area contributed by atoms with Crippen molar-refractivity contribution in [3.8, 4) is 0 Å². The number of anilines is 1. The molecule has 0 atom stereocenters. The minimum absolute atomic E-state index is 0.00222. The molecule has 0 heterocycles. The number of aromatic carboxylic acids is 1. The normalized spacial score (nSPS) is 11.4. The third kappa shape index (κ3) is 4.63. The summed E-state index contributed by atoms with van der Waals surface area (Å²) in [7, 11) is 0. The Morgan fingerprint density at radius 1 is 1.42 bits per heavy atom. The fourth-order valence-corrected chi connectivity index (χ4v) is 1.97. The van der Waals surface area contributed by atoms with Gasteiger partial charge in [0, 0.05) is 6.54 Å². The minimum atomic E-state index is -4.34. The number of halogens is 4. The van der Waals surface area contributed by atoms with E-state index in [2.05, 4.69) is 0 Å². The maximum Gasteiger partial charge on any atom is 0.405 e. The highest BCUT2D eigenvalue weighted by Gasteiger charge is 2.31. The quantitative estimate of drug-likeness (QED) is 0.898. The predicted molar refractivity (Wildman–Crippen MR) is 67.0 cm³/mol. The van der Waals surface area contributed by atoms with Gasteiger partial charge in [-0.1, -0.05) is 18.5 Å². The Labute approximate surface area is 113 Å². The number of benzene rings is 1. The van der Waals surface area contributed by atoms with Crippen LogP contribution in [0, 0.1) is 0 Å². The summed E-state index contributed by atoms with van der Waals surface area (Å²) in [6, 6.07) is 3.69. The third-order valence-corrected chi connectivity index (χ3v) is 2.70. The van der Waals surface area contributed by atoms with Crippen LogP contribution < -0.4 is 4.90 Å². The van der Waals surface area contributed by atoms with E-state index in [0.717, 1.165) is 11.0 Å². The van der Waals surface area contributed by atoms with Crippen molar-refractivity contribution in [3.63, 3.8) is 0 Å². The van der Waals surface area contributed by atoms with Crippen molar-refractivity contribution in [2.45, 2.75) is 19.5 Å². The zero-order valence-corrected chi connectivity index (χ0v) is 10.9. The molecule has 106 valence electrons. The van der Waals surface area contributed by atoms with Crippen LogP contribution >= 0.6 is 11.6 Å². The molecule has 0 aliphatic heterocycles. The number of hydrogen-bond donors (Lipinski definition) is 1. The summed E-state index contributed by atoms with van der Waals surface area (Å²) in [6.07, 6.45) is -3.82. The molecule has 19 heavy (non-hydrogen) atoms. The molecule has 1 N–H and O–H groups in total. The maximum absolute atomic E-state index is 12.5. The summed E-state index contributed by atoms with van der Waals surface area (Å²) in [5.74, 6) is -1.17. The van der Waals surface area contributed by atoms with E-state index < -0.39 is 18.7 Å². The monoisotopic (exact) mass is 295 g/mol. The molecule has 0 unspecified atom stereocenters. The number of hydrogen-bond acceptors (Lipinski definition) is 2. The summed E-state index contributed by atoms with van der Waals surface area (Å²) in [4.78, 5) is 11.8. The molecular formula is C12H13ClF3NO2. The molecule has 1 aromatic carbocycles. The van der Waals surface area contributed by atoms with Crippen molar-refractivity contribution in [3.05, 3.63) is 28.8 Å². The Balaban J connectivity index is 3.06. The second kappa shape index (κ2) is 6.14. The van der Waals surface area contributed by atoms with Gasteiger partial charge in [-0.3, -0.25) is 0 Å². The average Bonchev–Trinajstić information content (AvgIpc) is 2.26. The molecule has 0 amide bonds. The molecule has 3 nitrogen and oxygen atoms in total. The van der Waals surface area contributed by atoms with Crippen molar-refractivity contribution in [1.29, 1.82) is 0 Å². The lowest BCUT2D eigenvalue weighted by Gasteiger charge is -2.26. The number of alkyl halides is 3. The first-order valence-electron chi connectivity index (χ1n) is 5.59. The number of nitrogens with zero attached hydrogens (tertiary/aromatic N) is 1. The lowest BCUT2D eigenvalue weighted by molar-refractivity contribution is -0.119. The number of carbonyl (C=O) groups is 1. The Kier molecular flexibility index (Phi) is 5.05. The summed E-state index contributed by atoms with van der Waals surface area (Å²) >= 11 is 5.86. The SMILES string of the molecule is CCCN(CC(F)(F)F)c1ccc(C(=O)O)cc1Cl. The van der Waals surface area contributed by atoms with Crippen LogP contribution in [0.3, 0.4) is 0 Å². The fraction of sp³-hybridized carbons (Fsp3) is 0.417.